The number of rotatable bonds is 8. The number of hydrogen-bond acceptors (Lipinski definition) is 4. The minimum atomic E-state index is -1.16. The van der Waals surface area contributed by atoms with Crippen molar-refractivity contribution in [1.29, 1.82) is 0 Å². The van der Waals surface area contributed by atoms with Crippen LogP contribution in [0.25, 0.3) is 0 Å². The first-order valence-corrected chi connectivity index (χ1v) is 5.81. The number of carboxylic acids is 1. The van der Waals surface area contributed by atoms with Crippen LogP contribution in [0.15, 0.2) is 31.0 Å². The summed E-state index contributed by atoms with van der Waals surface area (Å²) in [6, 6.07) is 2.69. The molecule has 1 heterocycles. The highest BCUT2D eigenvalue weighted by Crippen LogP contribution is 2.01. The predicted octanol–water partition coefficient (Wildman–Crippen LogP) is 1.10. The molecule has 0 fully saturated rings. The molecule has 0 atom stereocenters. The summed E-state index contributed by atoms with van der Waals surface area (Å²) in [5, 5.41) is 11.4. The normalized spacial score (nSPS) is 9.89. The summed E-state index contributed by atoms with van der Waals surface area (Å²) in [5.41, 5.74) is 0.105. The molecule has 1 aromatic rings. The summed E-state index contributed by atoms with van der Waals surface area (Å²) in [5.74, 6) is -1.51. The Morgan fingerprint density at radius 2 is 2.26 bits per heavy atom. The predicted molar refractivity (Wildman–Crippen MR) is 69.2 cm³/mol. The van der Waals surface area contributed by atoms with E-state index < -0.39 is 5.97 Å². The highest BCUT2D eigenvalue weighted by molar-refractivity contribution is 5.96. The number of amides is 1. The highest BCUT2D eigenvalue weighted by Gasteiger charge is 2.09. The van der Waals surface area contributed by atoms with Crippen LogP contribution in [-0.2, 0) is 4.74 Å². The highest BCUT2D eigenvalue weighted by atomic mass is 16.5. The first kappa shape index (κ1) is 14.8. The molecule has 0 aliphatic carbocycles. The van der Waals surface area contributed by atoms with Crippen molar-refractivity contribution in [2.75, 3.05) is 19.8 Å². The number of aromatic nitrogens is 1. The lowest BCUT2D eigenvalue weighted by Gasteiger charge is -2.06. The van der Waals surface area contributed by atoms with Gasteiger partial charge in [0, 0.05) is 18.3 Å². The van der Waals surface area contributed by atoms with Crippen LogP contribution in [0, 0.1) is 0 Å². The SMILES string of the molecule is C=CCCOCCNC(=O)c1ccnc(C(=O)O)c1. The Morgan fingerprint density at radius 3 is 2.95 bits per heavy atom. The summed E-state index contributed by atoms with van der Waals surface area (Å²) in [6.07, 6.45) is 3.81. The Bertz CT molecular complexity index is 460. The van der Waals surface area contributed by atoms with E-state index in [9.17, 15) is 9.59 Å². The van der Waals surface area contributed by atoms with Crippen LogP contribution >= 0.6 is 0 Å². The van der Waals surface area contributed by atoms with Crippen molar-refractivity contribution in [3.05, 3.63) is 42.2 Å². The minimum Gasteiger partial charge on any atom is -0.477 e. The van der Waals surface area contributed by atoms with Crippen molar-refractivity contribution in [3.63, 3.8) is 0 Å². The lowest BCUT2D eigenvalue weighted by Crippen LogP contribution is -2.27. The Balaban J connectivity index is 2.39. The molecule has 0 radical (unpaired) electrons. The molecular formula is C13H16N2O4. The van der Waals surface area contributed by atoms with Crippen molar-refractivity contribution in [2.24, 2.45) is 0 Å². The fraction of sp³-hybridized carbons (Fsp3) is 0.308. The zero-order valence-corrected chi connectivity index (χ0v) is 10.5. The van der Waals surface area contributed by atoms with E-state index in [0.717, 1.165) is 6.42 Å². The maximum Gasteiger partial charge on any atom is 0.354 e. The molecule has 1 amide bonds. The van der Waals surface area contributed by atoms with E-state index in [1.165, 1.54) is 18.3 Å². The molecule has 0 aliphatic rings. The van der Waals surface area contributed by atoms with Gasteiger partial charge in [-0.25, -0.2) is 9.78 Å². The van der Waals surface area contributed by atoms with E-state index in [0.29, 0.717) is 19.8 Å². The largest absolute Gasteiger partial charge is 0.477 e. The molecule has 0 saturated carbocycles. The number of nitrogens with zero attached hydrogens (tertiary/aromatic N) is 1. The Morgan fingerprint density at radius 1 is 1.47 bits per heavy atom. The molecule has 0 unspecified atom stereocenters. The molecule has 0 spiro atoms. The molecule has 0 bridgehead atoms. The van der Waals surface area contributed by atoms with Crippen LogP contribution in [0.3, 0.4) is 0 Å². The second-order valence-corrected chi connectivity index (χ2v) is 3.68. The van der Waals surface area contributed by atoms with Gasteiger partial charge in [-0.05, 0) is 18.6 Å². The second-order valence-electron chi connectivity index (χ2n) is 3.68. The van der Waals surface area contributed by atoms with Gasteiger partial charge in [0.2, 0.25) is 0 Å². The van der Waals surface area contributed by atoms with Crippen molar-refractivity contribution in [2.45, 2.75) is 6.42 Å². The number of carbonyl (C=O) groups excluding carboxylic acids is 1. The average molecular weight is 264 g/mol. The van der Waals surface area contributed by atoms with Gasteiger partial charge >= 0.3 is 5.97 Å². The number of carboxylic acid groups (broad SMARTS) is 1. The van der Waals surface area contributed by atoms with Crippen LogP contribution in [-0.4, -0.2) is 41.7 Å². The van der Waals surface area contributed by atoms with Gasteiger partial charge in [-0.2, -0.15) is 0 Å². The third-order valence-electron chi connectivity index (χ3n) is 2.24. The summed E-state index contributed by atoms with van der Waals surface area (Å²) in [6.45, 7) is 4.89. The van der Waals surface area contributed by atoms with Gasteiger partial charge in [0.25, 0.3) is 5.91 Å². The standard InChI is InChI=1S/C13H16N2O4/c1-2-3-7-19-8-6-15-12(16)10-4-5-14-11(9-10)13(17)18/h2,4-5,9H,1,3,6-8H2,(H,15,16)(H,17,18). The molecule has 102 valence electrons. The van der Waals surface area contributed by atoms with E-state index in [4.69, 9.17) is 9.84 Å². The number of carbonyl (C=O) groups is 2. The molecule has 0 aliphatic heterocycles. The van der Waals surface area contributed by atoms with Crippen molar-refractivity contribution in [1.82, 2.24) is 10.3 Å². The third-order valence-corrected chi connectivity index (χ3v) is 2.24. The van der Waals surface area contributed by atoms with Gasteiger partial charge in [-0.1, -0.05) is 6.08 Å². The number of aromatic carboxylic acids is 1. The minimum absolute atomic E-state index is 0.158. The maximum absolute atomic E-state index is 11.7. The summed E-state index contributed by atoms with van der Waals surface area (Å²) in [4.78, 5) is 26.1. The van der Waals surface area contributed by atoms with Gasteiger partial charge in [-0.3, -0.25) is 4.79 Å². The number of pyridine rings is 1. The van der Waals surface area contributed by atoms with E-state index in [1.54, 1.807) is 6.08 Å². The Kier molecular flexibility index (Phi) is 6.25. The van der Waals surface area contributed by atoms with Gasteiger partial charge in [0.15, 0.2) is 0 Å². The molecule has 0 aromatic carbocycles. The van der Waals surface area contributed by atoms with Crippen molar-refractivity contribution < 1.29 is 19.4 Å². The smallest absolute Gasteiger partial charge is 0.354 e. The zero-order valence-electron chi connectivity index (χ0n) is 10.5. The molecular weight excluding hydrogens is 248 g/mol. The number of hydrogen-bond donors (Lipinski definition) is 2. The number of nitrogens with one attached hydrogen (secondary N) is 1. The van der Waals surface area contributed by atoms with Crippen LogP contribution in [0.1, 0.15) is 27.3 Å². The molecule has 0 saturated heterocycles. The average Bonchev–Trinajstić information content (AvgIpc) is 2.42. The second kappa shape index (κ2) is 7.99. The Labute approximate surface area is 111 Å². The first-order chi connectivity index (χ1) is 9.15. The molecule has 1 rings (SSSR count). The van der Waals surface area contributed by atoms with Gasteiger partial charge < -0.3 is 15.2 Å². The van der Waals surface area contributed by atoms with Crippen LogP contribution in [0.4, 0.5) is 0 Å². The summed E-state index contributed by atoms with van der Waals surface area (Å²) < 4.78 is 5.23. The lowest BCUT2D eigenvalue weighted by molar-refractivity contribution is 0.0690. The van der Waals surface area contributed by atoms with Crippen molar-refractivity contribution >= 4 is 11.9 Å². The Hall–Kier alpha value is -2.21. The van der Waals surface area contributed by atoms with Crippen LogP contribution in [0.2, 0.25) is 0 Å². The lowest BCUT2D eigenvalue weighted by atomic mass is 10.2. The molecule has 1 aromatic heterocycles. The molecule has 6 heteroatoms. The van der Waals surface area contributed by atoms with Crippen LogP contribution in [0.5, 0.6) is 0 Å². The zero-order chi connectivity index (χ0) is 14.1. The van der Waals surface area contributed by atoms with Crippen molar-refractivity contribution in [3.8, 4) is 0 Å². The van der Waals surface area contributed by atoms with Crippen LogP contribution < -0.4 is 5.32 Å². The quantitative estimate of drug-likeness (QED) is 0.542. The van der Waals surface area contributed by atoms with E-state index >= 15 is 0 Å². The third kappa shape index (κ3) is 5.31. The van der Waals surface area contributed by atoms with E-state index in [1.807, 2.05) is 0 Å². The number of ether oxygens (including phenoxy) is 1. The maximum atomic E-state index is 11.7. The van der Waals surface area contributed by atoms with E-state index in [-0.39, 0.29) is 17.2 Å². The fourth-order valence-corrected chi connectivity index (χ4v) is 1.30. The monoisotopic (exact) mass is 264 g/mol. The summed E-state index contributed by atoms with van der Waals surface area (Å²) >= 11 is 0. The van der Waals surface area contributed by atoms with Gasteiger partial charge in [-0.15, -0.1) is 6.58 Å². The van der Waals surface area contributed by atoms with Gasteiger partial charge in [0.1, 0.15) is 5.69 Å². The summed E-state index contributed by atoms with van der Waals surface area (Å²) in [7, 11) is 0. The van der Waals surface area contributed by atoms with Gasteiger partial charge in [0.05, 0.1) is 13.2 Å². The topological polar surface area (TPSA) is 88.5 Å². The fourth-order valence-electron chi connectivity index (χ4n) is 1.30. The molecule has 2 N–H and O–H groups in total. The molecule has 19 heavy (non-hydrogen) atoms. The first-order valence-electron chi connectivity index (χ1n) is 5.81. The molecule has 6 nitrogen and oxygen atoms in total. The van der Waals surface area contributed by atoms with E-state index in [2.05, 4.69) is 16.9 Å².